The zero-order chi connectivity index (χ0) is 20.7. The predicted octanol–water partition coefficient (Wildman–Crippen LogP) is 6.09. The Labute approximate surface area is 181 Å². The fourth-order valence-electron chi connectivity index (χ4n) is 2.73. The highest BCUT2D eigenvalue weighted by Crippen LogP contribution is 2.27. The number of amides is 1. The molecule has 0 aromatic heterocycles. The molecule has 0 aliphatic rings. The number of nitrogens with one attached hydrogen (secondary N) is 1. The highest BCUT2D eigenvalue weighted by molar-refractivity contribution is 6.34. The third-order valence-electron chi connectivity index (χ3n) is 4.21. The smallest absolute Gasteiger partial charge is 0.263 e. The minimum atomic E-state index is -1.06. The number of benzene rings is 2. The van der Waals surface area contributed by atoms with Crippen molar-refractivity contribution >= 4 is 40.7 Å². The van der Waals surface area contributed by atoms with E-state index in [9.17, 15) is 4.79 Å². The second kappa shape index (κ2) is 10.4. The van der Waals surface area contributed by atoms with E-state index in [-0.39, 0.29) is 12.0 Å². The molecule has 0 radical (unpaired) electrons. The van der Waals surface area contributed by atoms with Gasteiger partial charge in [0.15, 0.2) is 5.60 Å². The SMILES string of the molecule is COC(CCCNC(=O)C(C)(C)Oc1cc(Cl)cc(Cl)c1)c1ccc(Cl)cc1. The summed E-state index contributed by atoms with van der Waals surface area (Å²) in [5.41, 5.74) is -0.00933. The molecule has 7 heteroatoms. The quantitative estimate of drug-likeness (QED) is 0.476. The number of methoxy groups -OCH3 is 1. The molecule has 1 amide bonds. The van der Waals surface area contributed by atoms with E-state index in [0.717, 1.165) is 18.4 Å². The van der Waals surface area contributed by atoms with Crippen molar-refractivity contribution in [3.05, 3.63) is 63.1 Å². The van der Waals surface area contributed by atoms with Crippen molar-refractivity contribution in [3.8, 4) is 5.75 Å². The molecule has 0 bridgehead atoms. The first kappa shape index (κ1) is 22.8. The highest BCUT2D eigenvalue weighted by Gasteiger charge is 2.29. The van der Waals surface area contributed by atoms with Gasteiger partial charge in [-0.2, -0.15) is 0 Å². The number of hydrogen-bond acceptors (Lipinski definition) is 3. The standard InChI is InChI=1S/C21H24Cl3NO3/c1-21(2,28-18-12-16(23)11-17(24)13-18)20(26)25-10-4-5-19(27-3)14-6-8-15(22)9-7-14/h6-9,11-13,19H,4-5,10H2,1-3H3,(H,25,26). The van der Waals surface area contributed by atoms with E-state index in [1.807, 2.05) is 24.3 Å². The molecule has 1 unspecified atom stereocenters. The Hall–Kier alpha value is -1.46. The van der Waals surface area contributed by atoms with Gasteiger partial charge in [0.25, 0.3) is 5.91 Å². The molecule has 4 nitrogen and oxygen atoms in total. The van der Waals surface area contributed by atoms with E-state index < -0.39 is 5.60 Å². The van der Waals surface area contributed by atoms with E-state index in [4.69, 9.17) is 44.3 Å². The third kappa shape index (κ3) is 6.85. The second-order valence-corrected chi connectivity index (χ2v) is 8.20. The van der Waals surface area contributed by atoms with Gasteiger partial charge in [0.2, 0.25) is 0 Å². The molecule has 1 atom stereocenters. The largest absolute Gasteiger partial charge is 0.478 e. The van der Waals surface area contributed by atoms with E-state index in [2.05, 4.69) is 5.32 Å². The van der Waals surface area contributed by atoms with Gasteiger partial charge >= 0.3 is 0 Å². The Morgan fingerprint density at radius 1 is 1.04 bits per heavy atom. The van der Waals surface area contributed by atoms with Gasteiger partial charge in [0, 0.05) is 28.7 Å². The summed E-state index contributed by atoms with van der Waals surface area (Å²) < 4.78 is 11.3. The maximum Gasteiger partial charge on any atom is 0.263 e. The van der Waals surface area contributed by atoms with Crippen molar-refractivity contribution in [2.24, 2.45) is 0 Å². The van der Waals surface area contributed by atoms with Crippen LogP contribution in [0.3, 0.4) is 0 Å². The van der Waals surface area contributed by atoms with E-state index >= 15 is 0 Å². The van der Waals surface area contributed by atoms with Crippen LogP contribution in [0.5, 0.6) is 5.75 Å². The minimum absolute atomic E-state index is 0.0490. The van der Waals surface area contributed by atoms with Crippen LogP contribution in [0.1, 0.15) is 38.4 Å². The third-order valence-corrected chi connectivity index (χ3v) is 4.90. The molecule has 0 fully saturated rings. The van der Waals surface area contributed by atoms with E-state index in [0.29, 0.717) is 27.4 Å². The summed E-state index contributed by atoms with van der Waals surface area (Å²) in [6.45, 7) is 3.90. The Bertz CT molecular complexity index is 774. The van der Waals surface area contributed by atoms with E-state index in [1.54, 1.807) is 39.2 Å². The topological polar surface area (TPSA) is 47.6 Å². The predicted molar refractivity (Wildman–Crippen MR) is 115 cm³/mol. The molecule has 0 saturated heterocycles. The van der Waals surface area contributed by atoms with Gasteiger partial charge < -0.3 is 14.8 Å². The maximum atomic E-state index is 12.5. The lowest BCUT2D eigenvalue weighted by molar-refractivity contribution is -0.134. The molecule has 0 heterocycles. The average Bonchev–Trinajstić information content (AvgIpc) is 2.61. The fourth-order valence-corrected chi connectivity index (χ4v) is 3.36. The first-order valence-electron chi connectivity index (χ1n) is 8.93. The van der Waals surface area contributed by atoms with Gasteiger partial charge in [0.05, 0.1) is 6.10 Å². The van der Waals surface area contributed by atoms with Crippen molar-refractivity contribution in [1.29, 1.82) is 0 Å². The lowest BCUT2D eigenvalue weighted by Gasteiger charge is -2.25. The lowest BCUT2D eigenvalue weighted by atomic mass is 10.0. The monoisotopic (exact) mass is 443 g/mol. The first-order valence-corrected chi connectivity index (χ1v) is 10.1. The molecule has 1 N–H and O–H groups in total. The summed E-state index contributed by atoms with van der Waals surface area (Å²) in [4.78, 5) is 12.5. The maximum absolute atomic E-state index is 12.5. The molecular formula is C21H24Cl3NO3. The van der Waals surface area contributed by atoms with Crippen LogP contribution in [0.2, 0.25) is 15.1 Å². The Morgan fingerprint density at radius 3 is 2.21 bits per heavy atom. The second-order valence-electron chi connectivity index (χ2n) is 6.89. The molecule has 0 spiro atoms. The zero-order valence-corrected chi connectivity index (χ0v) is 18.4. The molecular weight excluding hydrogens is 421 g/mol. The molecule has 0 saturated carbocycles. The molecule has 2 aromatic rings. The summed E-state index contributed by atoms with van der Waals surface area (Å²) >= 11 is 17.9. The number of hydrogen-bond donors (Lipinski definition) is 1. The highest BCUT2D eigenvalue weighted by atomic mass is 35.5. The van der Waals surface area contributed by atoms with Crippen molar-refractivity contribution in [1.82, 2.24) is 5.32 Å². The summed E-state index contributed by atoms with van der Waals surface area (Å²) in [5.74, 6) is 0.226. The number of carbonyl (C=O) groups is 1. The number of ether oxygens (including phenoxy) is 2. The molecule has 2 rings (SSSR count). The first-order chi connectivity index (χ1) is 13.2. The van der Waals surface area contributed by atoms with Crippen LogP contribution in [-0.2, 0) is 9.53 Å². The van der Waals surface area contributed by atoms with Gasteiger partial charge in [-0.3, -0.25) is 4.79 Å². The number of rotatable bonds is 9. The van der Waals surface area contributed by atoms with Crippen molar-refractivity contribution < 1.29 is 14.3 Å². The fraction of sp³-hybridized carbons (Fsp3) is 0.381. The number of carbonyl (C=O) groups excluding carboxylic acids is 1. The molecule has 2 aromatic carbocycles. The van der Waals surface area contributed by atoms with Gasteiger partial charge in [0.1, 0.15) is 5.75 Å². The van der Waals surface area contributed by atoms with Crippen molar-refractivity contribution in [3.63, 3.8) is 0 Å². The zero-order valence-electron chi connectivity index (χ0n) is 16.1. The van der Waals surface area contributed by atoms with Gasteiger partial charge in [-0.05, 0) is 62.6 Å². The Kier molecular flexibility index (Phi) is 8.44. The van der Waals surface area contributed by atoms with Crippen LogP contribution >= 0.6 is 34.8 Å². The summed E-state index contributed by atoms with van der Waals surface area (Å²) in [6.07, 6.45) is 1.47. The normalized spacial score (nSPS) is 12.5. The van der Waals surface area contributed by atoms with Gasteiger partial charge in [-0.1, -0.05) is 46.9 Å². The summed E-state index contributed by atoms with van der Waals surface area (Å²) in [6, 6.07) is 12.4. The Balaban J connectivity index is 1.84. The lowest BCUT2D eigenvalue weighted by Crippen LogP contribution is -2.46. The summed E-state index contributed by atoms with van der Waals surface area (Å²) in [5, 5.41) is 4.50. The molecule has 0 aliphatic carbocycles. The van der Waals surface area contributed by atoms with Crippen LogP contribution < -0.4 is 10.1 Å². The van der Waals surface area contributed by atoms with Crippen LogP contribution in [0.4, 0.5) is 0 Å². The van der Waals surface area contributed by atoms with Crippen molar-refractivity contribution in [2.45, 2.75) is 38.4 Å². The average molecular weight is 445 g/mol. The van der Waals surface area contributed by atoms with Gasteiger partial charge in [-0.25, -0.2) is 0 Å². The van der Waals surface area contributed by atoms with E-state index in [1.165, 1.54) is 0 Å². The van der Waals surface area contributed by atoms with Crippen LogP contribution in [0.15, 0.2) is 42.5 Å². The number of halogens is 3. The van der Waals surface area contributed by atoms with Gasteiger partial charge in [-0.15, -0.1) is 0 Å². The van der Waals surface area contributed by atoms with Crippen LogP contribution in [0, 0.1) is 0 Å². The molecule has 28 heavy (non-hydrogen) atoms. The van der Waals surface area contributed by atoms with Crippen molar-refractivity contribution in [2.75, 3.05) is 13.7 Å². The Morgan fingerprint density at radius 2 is 1.64 bits per heavy atom. The summed E-state index contributed by atoms with van der Waals surface area (Å²) in [7, 11) is 1.67. The molecule has 0 aliphatic heterocycles. The van der Waals surface area contributed by atoms with Crippen LogP contribution in [0.25, 0.3) is 0 Å². The van der Waals surface area contributed by atoms with Crippen LogP contribution in [-0.4, -0.2) is 25.2 Å². The minimum Gasteiger partial charge on any atom is -0.478 e. The molecule has 152 valence electrons.